The number of halogens is 5. The van der Waals surface area contributed by atoms with Crippen molar-refractivity contribution in [1.82, 2.24) is 9.78 Å². The first-order valence-corrected chi connectivity index (χ1v) is 8.69. The van der Waals surface area contributed by atoms with E-state index in [1.54, 1.807) is 6.92 Å². The van der Waals surface area contributed by atoms with Crippen molar-refractivity contribution < 1.29 is 26.7 Å². The van der Waals surface area contributed by atoms with Gasteiger partial charge in [-0.15, -0.1) is 0 Å². The summed E-state index contributed by atoms with van der Waals surface area (Å²) >= 11 is 0. The predicted octanol–water partition coefficient (Wildman–Crippen LogP) is 4.09. The number of hydrogen-bond acceptors (Lipinski definition) is 2. The van der Waals surface area contributed by atoms with Crippen LogP contribution in [0.1, 0.15) is 73.1 Å². The molecule has 0 atom stereocenters. The summed E-state index contributed by atoms with van der Waals surface area (Å²) in [6.07, 6.45) is -2.37. The molecule has 144 valence electrons. The Labute approximate surface area is 146 Å². The molecule has 0 bridgehead atoms. The van der Waals surface area contributed by atoms with Crippen molar-refractivity contribution in [3.63, 3.8) is 0 Å². The summed E-state index contributed by atoms with van der Waals surface area (Å²) in [5, 5.41) is 4.08. The summed E-state index contributed by atoms with van der Waals surface area (Å²) in [7, 11) is 0. The average molecular weight is 377 g/mol. The Hall–Kier alpha value is -1.67. The lowest BCUT2D eigenvalue weighted by Gasteiger charge is -2.44. The standard InChI is InChI=1S/C17H20F5N3O/c1-14(6-16(18,19)7-14)8-25-12(13(23)26)10(17(20,21)22)11(24-25)9-4-15(5-9)2-3-15/h9H,2-8H2,1H3,(H2,23,26). The van der Waals surface area contributed by atoms with E-state index in [1.807, 2.05) is 0 Å². The van der Waals surface area contributed by atoms with Gasteiger partial charge in [0, 0.05) is 25.3 Å². The van der Waals surface area contributed by atoms with Gasteiger partial charge in [0.2, 0.25) is 5.92 Å². The average Bonchev–Trinajstić information content (AvgIpc) is 3.09. The molecule has 3 fully saturated rings. The number of nitrogens with two attached hydrogens (primary N) is 1. The van der Waals surface area contributed by atoms with Gasteiger partial charge in [-0.25, -0.2) is 8.78 Å². The van der Waals surface area contributed by atoms with Crippen LogP contribution in [0.25, 0.3) is 0 Å². The van der Waals surface area contributed by atoms with Crippen LogP contribution in [-0.4, -0.2) is 21.6 Å². The monoisotopic (exact) mass is 377 g/mol. The van der Waals surface area contributed by atoms with Gasteiger partial charge in [0.05, 0.1) is 5.69 Å². The maximum Gasteiger partial charge on any atom is 0.420 e. The van der Waals surface area contributed by atoms with E-state index >= 15 is 0 Å². The largest absolute Gasteiger partial charge is 0.420 e. The minimum atomic E-state index is -4.77. The van der Waals surface area contributed by atoms with E-state index in [1.165, 1.54) is 0 Å². The van der Waals surface area contributed by atoms with Crippen molar-refractivity contribution >= 4 is 5.91 Å². The van der Waals surface area contributed by atoms with Crippen LogP contribution in [0.3, 0.4) is 0 Å². The number of nitrogens with zero attached hydrogens (tertiary/aromatic N) is 2. The molecule has 0 radical (unpaired) electrons. The number of carbonyl (C=O) groups is 1. The molecule has 1 spiro atoms. The minimum Gasteiger partial charge on any atom is -0.364 e. The van der Waals surface area contributed by atoms with Gasteiger partial charge in [-0.1, -0.05) is 6.92 Å². The number of amides is 1. The van der Waals surface area contributed by atoms with Crippen molar-refractivity contribution in [2.45, 2.75) is 70.0 Å². The van der Waals surface area contributed by atoms with Gasteiger partial charge >= 0.3 is 6.18 Å². The summed E-state index contributed by atoms with van der Waals surface area (Å²) in [6, 6.07) is 0. The van der Waals surface area contributed by atoms with Crippen LogP contribution in [0.4, 0.5) is 22.0 Å². The zero-order chi connectivity index (χ0) is 19.1. The fourth-order valence-electron chi connectivity index (χ4n) is 4.84. The minimum absolute atomic E-state index is 0.154. The fraction of sp³-hybridized carbons (Fsp3) is 0.765. The second-order valence-electron chi connectivity index (χ2n) is 8.75. The molecule has 0 aliphatic heterocycles. The molecular formula is C17H20F5N3O. The molecule has 26 heavy (non-hydrogen) atoms. The topological polar surface area (TPSA) is 60.9 Å². The van der Waals surface area contributed by atoms with Gasteiger partial charge in [-0.05, 0) is 36.5 Å². The Kier molecular flexibility index (Phi) is 3.40. The molecule has 2 N–H and O–H groups in total. The predicted molar refractivity (Wildman–Crippen MR) is 81.7 cm³/mol. The Morgan fingerprint density at radius 2 is 1.85 bits per heavy atom. The van der Waals surface area contributed by atoms with E-state index in [0.29, 0.717) is 12.8 Å². The molecule has 0 saturated heterocycles. The van der Waals surface area contributed by atoms with Crippen molar-refractivity contribution in [3.8, 4) is 0 Å². The second-order valence-corrected chi connectivity index (χ2v) is 8.75. The highest BCUT2D eigenvalue weighted by molar-refractivity contribution is 5.93. The van der Waals surface area contributed by atoms with Crippen LogP contribution < -0.4 is 5.73 Å². The number of aromatic nitrogens is 2. The molecule has 3 aliphatic carbocycles. The first-order chi connectivity index (χ1) is 11.8. The molecule has 4 rings (SSSR count). The summed E-state index contributed by atoms with van der Waals surface area (Å²) in [5.74, 6) is -4.41. The van der Waals surface area contributed by atoms with Gasteiger partial charge < -0.3 is 5.73 Å². The number of carbonyl (C=O) groups excluding carboxylic acids is 1. The third-order valence-corrected chi connectivity index (χ3v) is 6.10. The Balaban J connectivity index is 1.71. The first-order valence-electron chi connectivity index (χ1n) is 8.69. The number of hydrogen-bond donors (Lipinski definition) is 1. The SMILES string of the molecule is CC1(Cn2nc(C3CC4(CC4)C3)c(C(F)(F)F)c2C(N)=O)CC(F)(F)C1. The first kappa shape index (κ1) is 17.7. The quantitative estimate of drug-likeness (QED) is 0.804. The van der Waals surface area contributed by atoms with Gasteiger partial charge in [-0.3, -0.25) is 9.48 Å². The molecule has 4 nitrogen and oxygen atoms in total. The zero-order valence-electron chi connectivity index (χ0n) is 14.3. The van der Waals surface area contributed by atoms with Crippen molar-refractivity contribution in [2.24, 2.45) is 16.6 Å². The molecule has 1 aromatic rings. The van der Waals surface area contributed by atoms with Gasteiger partial charge in [-0.2, -0.15) is 18.3 Å². The number of rotatable bonds is 4. The van der Waals surface area contributed by atoms with E-state index in [0.717, 1.165) is 17.5 Å². The lowest BCUT2D eigenvalue weighted by Crippen LogP contribution is -2.47. The third kappa shape index (κ3) is 2.79. The van der Waals surface area contributed by atoms with Crippen LogP contribution in [0, 0.1) is 10.8 Å². The molecule has 1 heterocycles. The van der Waals surface area contributed by atoms with E-state index in [9.17, 15) is 26.7 Å². The molecule has 1 aromatic heterocycles. The highest BCUT2D eigenvalue weighted by Gasteiger charge is 2.57. The highest BCUT2D eigenvalue weighted by Crippen LogP contribution is 2.66. The molecule has 0 unspecified atom stereocenters. The Morgan fingerprint density at radius 3 is 2.27 bits per heavy atom. The molecule has 9 heteroatoms. The lowest BCUT2D eigenvalue weighted by molar-refractivity contribution is -0.160. The summed E-state index contributed by atoms with van der Waals surface area (Å²) in [4.78, 5) is 11.8. The molecule has 1 amide bonds. The molecule has 3 saturated carbocycles. The maximum atomic E-state index is 13.7. The normalized spacial score (nSPS) is 25.6. The maximum absolute atomic E-state index is 13.7. The van der Waals surface area contributed by atoms with Crippen LogP contribution in [0.2, 0.25) is 0 Å². The van der Waals surface area contributed by atoms with E-state index in [-0.39, 0.29) is 23.6 Å². The molecule has 3 aliphatic rings. The lowest BCUT2D eigenvalue weighted by atomic mass is 9.67. The van der Waals surface area contributed by atoms with Crippen LogP contribution in [0.15, 0.2) is 0 Å². The van der Waals surface area contributed by atoms with Crippen molar-refractivity contribution in [1.29, 1.82) is 0 Å². The van der Waals surface area contributed by atoms with Crippen LogP contribution in [-0.2, 0) is 12.7 Å². The Bertz CT molecular complexity index is 762. The van der Waals surface area contributed by atoms with Gasteiger partial charge in [0.15, 0.2) is 0 Å². The van der Waals surface area contributed by atoms with E-state index in [2.05, 4.69) is 5.10 Å². The van der Waals surface area contributed by atoms with E-state index < -0.39 is 47.5 Å². The third-order valence-electron chi connectivity index (χ3n) is 6.10. The molecule has 0 aromatic carbocycles. The smallest absolute Gasteiger partial charge is 0.364 e. The fourth-order valence-corrected chi connectivity index (χ4v) is 4.84. The van der Waals surface area contributed by atoms with Crippen LogP contribution in [0.5, 0.6) is 0 Å². The Morgan fingerprint density at radius 1 is 1.27 bits per heavy atom. The van der Waals surface area contributed by atoms with Crippen LogP contribution >= 0.6 is 0 Å². The summed E-state index contributed by atoms with van der Waals surface area (Å²) in [5.41, 5.74) is 2.54. The zero-order valence-corrected chi connectivity index (χ0v) is 14.3. The highest BCUT2D eigenvalue weighted by atomic mass is 19.4. The van der Waals surface area contributed by atoms with Crippen molar-refractivity contribution in [2.75, 3.05) is 0 Å². The summed E-state index contributed by atoms with van der Waals surface area (Å²) in [6.45, 7) is 1.38. The molecular weight excluding hydrogens is 357 g/mol. The van der Waals surface area contributed by atoms with Gasteiger partial charge in [0.1, 0.15) is 11.3 Å². The van der Waals surface area contributed by atoms with Crippen molar-refractivity contribution in [3.05, 3.63) is 17.0 Å². The summed E-state index contributed by atoms with van der Waals surface area (Å²) < 4.78 is 68.5. The number of alkyl halides is 5. The van der Waals surface area contributed by atoms with Gasteiger partial charge in [0.25, 0.3) is 5.91 Å². The van der Waals surface area contributed by atoms with E-state index in [4.69, 9.17) is 5.73 Å². The second kappa shape index (κ2) is 4.98. The number of primary amides is 1.